The van der Waals surface area contributed by atoms with E-state index in [0.29, 0.717) is 10.8 Å². The van der Waals surface area contributed by atoms with E-state index in [-0.39, 0.29) is 11.3 Å². The molecule has 0 aromatic heterocycles. The summed E-state index contributed by atoms with van der Waals surface area (Å²) in [4.78, 5) is 0. The monoisotopic (exact) mass is 313 g/mol. The molecule has 1 aromatic rings. The number of halogens is 1. The molecule has 0 radical (unpaired) electrons. The Bertz CT molecular complexity index is 490. The van der Waals surface area contributed by atoms with Crippen LogP contribution in [-0.4, -0.2) is 24.7 Å². The number of rotatable bonds is 8. The van der Waals surface area contributed by atoms with Gasteiger partial charge in [-0.1, -0.05) is 37.0 Å². The first-order valence-corrected chi connectivity index (χ1v) is 7.34. The molecule has 1 aromatic carbocycles. The smallest absolute Gasteiger partial charge is 0.144 e. The van der Waals surface area contributed by atoms with E-state index >= 15 is 0 Å². The highest BCUT2D eigenvalue weighted by molar-refractivity contribution is 6.32. The quantitative estimate of drug-likeness (QED) is 0.225. The Morgan fingerprint density at radius 3 is 2.71 bits per heavy atom. The number of hydrogen-bond donors (Lipinski definition) is 3. The van der Waals surface area contributed by atoms with Gasteiger partial charge in [0.15, 0.2) is 0 Å². The maximum Gasteiger partial charge on any atom is 0.144 e. The van der Waals surface area contributed by atoms with E-state index in [2.05, 4.69) is 10.5 Å². The van der Waals surface area contributed by atoms with Crippen molar-refractivity contribution < 1.29 is 9.94 Å². The fourth-order valence-corrected chi connectivity index (χ4v) is 2.22. The minimum Gasteiger partial charge on any atom is -0.495 e. The number of amidine groups is 1. The average Bonchev–Trinajstić information content (AvgIpc) is 2.46. The molecule has 0 amide bonds. The summed E-state index contributed by atoms with van der Waals surface area (Å²) in [7, 11) is 1.59. The van der Waals surface area contributed by atoms with Crippen LogP contribution in [0, 0.1) is 5.41 Å². The molecule has 0 spiro atoms. The number of ether oxygens (including phenoxy) is 1. The van der Waals surface area contributed by atoms with Gasteiger partial charge >= 0.3 is 0 Å². The van der Waals surface area contributed by atoms with E-state index in [4.69, 9.17) is 27.3 Å². The van der Waals surface area contributed by atoms with Crippen molar-refractivity contribution in [2.45, 2.75) is 33.1 Å². The van der Waals surface area contributed by atoms with Crippen molar-refractivity contribution >= 4 is 23.1 Å². The topological polar surface area (TPSA) is 79.9 Å². The van der Waals surface area contributed by atoms with Crippen LogP contribution in [0.2, 0.25) is 5.02 Å². The van der Waals surface area contributed by atoms with E-state index in [9.17, 15) is 0 Å². The van der Waals surface area contributed by atoms with Crippen molar-refractivity contribution in [1.29, 1.82) is 0 Å². The summed E-state index contributed by atoms with van der Waals surface area (Å²) < 4.78 is 5.11. The highest BCUT2D eigenvalue weighted by Crippen LogP contribution is 2.27. The summed E-state index contributed by atoms with van der Waals surface area (Å²) in [5.74, 6) is 0.945. The van der Waals surface area contributed by atoms with E-state index in [1.807, 2.05) is 32.0 Å². The number of nitrogens with one attached hydrogen (secondary N) is 1. The molecular formula is C15H24ClN3O2. The number of benzene rings is 1. The Kier molecular flexibility index (Phi) is 6.62. The van der Waals surface area contributed by atoms with Crippen molar-refractivity contribution in [3.05, 3.63) is 23.2 Å². The average molecular weight is 314 g/mol. The predicted molar refractivity (Wildman–Crippen MR) is 87.5 cm³/mol. The lowest BCUT2D eigenvalue weighted by Crippen LogP contribution is -2.31. The Labute approximate surface area is 131 Å². The van der Waals surface area contributed by atoms with Crippen molar-refractivity contribution in [3.8, 4) is 5.75 Å². The van der Waals surface area contributed by atoms with Gasteiger partial charge in [0.05, 0.1) is 12.1 Å². The summed E-state index contributed by atoms with van der Waals surface area (Å²) >= 11 is 6.06. The molecule has 0 unspecified atom stereocenters. The molecule has 21 heavy (non-hydrogen) atoms. The largest absolute Gasteiger partial charge is 0.495 e. The highest BCUT2D eigenvalue weighted by Gasteiger charge is 2.22. The molecule has 0 aliphatic rings. The molecule has 0 saturated heterocycles. The first-order valence-electron chi connectivity index (χ1n) is 6.96. The molecule has 0 aliphatic carbocycles. The molecule has 0 saturated carbocycles. The van der Waals surface area contributed by atoms with Crippen LogP contribution in [-0.2, 0) is 0 Å². The van der Waals surface area contributed by atoms with E-state index in [0.717, 1.165) is 31.5 Å². The van der Waals surface area contributed by atoms with Crippen LogP contribution in [0.5, 0.6) is 5.75 Å². The van der Waals surface area contributed by atoms with Crippen molar-refractivity contribution in [2.24, 2.45) is 16.3 Å². The van der Waals surface area contributed by atoms with Gasteiger partial charge in [0.25, 0.3) is 0 Å². The summed E-state index contributed by atoms with van der Waals surface area (Å²) in [6.45, 7) is 4.78. The fourth-order valence-electron chi connectivity index (χ4n) is 1.96. The maximum absolute atomic E-state index is 8.72. The minimum absolute atomic E-state index is 0.275. The van der Waals surface area contributed by atoms with Gasteiger partial charge in [-0.2, -0.15) is 0 Å². The first kappa shape index (κ1) is 17.4. The van der Waals surface area contributed by atoms with Gasteiger partial charge in [-0.15, -0.1) is 0 Å². The molecule has 6 heteroatoms. The van der Waals surface area contributed by atoms with Gasteiger partial charge < -0.3 is 21.0 Å². The van der Waals surface area contributed by atoms with Gasteiger partial charge in [-0.25, -0.2) is 0 Å². The lowest BCUT2D eigenvalue weighted by molar-refractivity contribution is 0.304. The molecule has 4 N–H and O–H groups in total. The zero-order chi connectivity index (χ0) is 15.9. The van der Waals surface area contributed by atoms with Crippen molar-refractivity contribution in [3.63, 3.8) is 0 Å². The van der Waals surface area contributed by atoms with Crippen molar-refractivity contribution in [1.82, 2.24) is 0 Å². The number of anilines is 1. The molecule has 5 nitrogen and oxygen atoms in total. The molecule has 118 valence electrons. The number of methoxy groups -OCH3 is 1. The standard InChI is InChI=1S/C15H24ClN3O2/c1-15(2,14(17)19-20)8-4-5-9-18-11-6-7-13(21-3)12(16)10-11/h6-7,10,18,20H,4-5,8-9H2,1-3H3,(H2,17,19). The summed E-state index contributed by atoms with van der Waals surface area (Å²) in [5.41, 5.74) is 6.35. The van der Waals surface area contributed by atoms with Crippen LogP contribution in [0.15, 0.2) is 23.4 Å². The van der Waals surface area contributed by atoms with Gasteiger partial charge in [-0.3, -0.25) is 0 Å². The molecule has 0 bridgehead atoms. The Hall–Kier alpha value is -1.62. The van der Waals surface area contributed by atoms with Gasteiger partial charge in [0, 0.05) is 17.6 Å². The summed E-state index contributed by atoms with van der Waals surface area (Å²) in [6.07, 6.45) is 2.85. The zero-order valence-electron chi connectivity index (χ0n) is 12.8. The lowest BCUT2D eigenvalue weighted by Gasteiger charge is -2.22. The molecule has 0 atom stereocenters. The number of oxime groups is 1. The number of nitrogens with zero attached hydrogens (tertiary/aromatic N) is 1. The van der Waals surface area contributed by atoms with Crippen LogP contribution in [0.4, 0.5) is 5.69 Å². The normalized spacial score (nSPS) is 12.3. The van der Waals surface area contributed by atoms with Crippen LogP contribution in [0.3, 0.4) is 0 Å². The van der Waals surface area contributed by atoms with Crippen LogP contribution in [0.1, 0.15) is 33.1 Å². The first-order chi connectivity index (χ1) is 9.90. The van der Waals surface area contributed by atoms with Crippen LogP contribution in [0.25, 0.3) is 0 Å². The predicted octanol–water partition coefficient (Wildman–Crippen LogP) is 3.70. The number of unbranched alkanes of at least 4 members (excludes halogenated alkanes) is 1. The van der Waals surface area contributed by atoms with Crippen molar-refractivity contribution in [2.75, 3.05) is 19.0 Å². The Morgan fingerprint density at radius 1 is 1.43 bits per heavy atom. The maximum atomic E-state index is 8.72. The Balaban J connectivity index is 2.33. The number of nitrogens with two attached hydrogens (primary N) is 1. The SMILES string of the molecule is COc1ccc(NCCCCC(C)(C)/C(N)=N/O)cc1Cl. The molecule has 0 fully saturated rings. The second-order valence-electron chi connectivity index (χ2n) is 5.60. The Morgan fingerprint density at radius 2 is 2.14 bits per heavy atom. The summed E-state index contributed by atoms with van der Waals surface area (Å²) in [6, 6.07) is 5.62. The van der Waals surface area contributed by atoms with Crippen LogP contribution < -0.4 is 15.8 Å². The van der Waals surface area contributed by atoms with E-state index < -0.39 is 0 Å². The zero-order valence-corrected chi connectivity index (χ0v) is 13.6. The highest BCUT2D eigenvalue weighted by atomic mass is 35.5. The molecule has 0 heterocycles. The summed E-state index contributed by atoms with van der Waals surface area (Å²) in [5, 5.41) is 15.7. The van der Waals surface area contributed by atoms with Gasteiger partial charge in [0.1, 0.15) is 11.6 Å². The third kappa shape index (κ3) is 5.34. The second-order valence-corrected chi connectivity index (χ2v) is 6.01. The van der Waals surface area contributed by atoms with E-state index in [1.165, 1.54) is 0 Å². The van der Waals surface area contributed by atoms with Crippen LogP contribution >= 0.6 is 11.6 Å². The van der Waals surface area contributed by atoms with Gasteiger partial charge in [0.2, 0.25) is 0 Å². The molecule has 0 aliphatic heterocycles. The third-order valence-electron chi connectivity index (χ3n) is 3.51. The van der Waals surface area contributed by atoms with E-state index in [1.54, 1.807) is 7.11 Å². The minimum atomic E-state index is -0.280. The third-order valence-corrected chi connectivity index (χ3v) is 3.81. The molecule has 1 rings (SSSR count). The number of hydrogen-bond acceptors (Lipinski definition) is 4. The molecular weight excluding hydrogens is 290 g/mol. The second kappa shape index (κ2) is 7.98. The van der Waals surface area contributed by atoms with Gasteiger partial charge in [-0.05, 0) is 31.0 Å². The fraction of sp³-hybridized carbons (Fsp3) is 0.533. The lowest BCUT2D eigenvalue weighted by atomic mass is 9.86.